The number of anilines is 3. The third-order valence-electron chi connectivity index (χ3n) is 6.89. The van der Waals surface area contributed by atoms with E-state index in [1.54, 1.807) is 0 Å². The molecule has 0 aliphatic heterocycles. The highest BCUT2D eigenvalue weighted by molar-refractivity contribution is 9.10. The normalized spacial score (nSPS) is 13.5. The van der Waals surface area contributed by atoms with Crippen LogP contribution in [-0.2, 0) is 5.41 Å². The van der Waals surface area contributed by atoms with E-state index in [4.69, 9.17) is 0 Å². The Morgan fingerprint density at radius 2 is 1.27 bits per heavy atom. The summed E-state index contributed by atoms with van der Waals surface area (Å²) in [5, 5.41) is 2.44. The van der Waals surface area contributed by atoms with Gasteiger partial charge in [-0.15, -0.1) is 0 Å². The second-order valence-corrected chi connectivity index (χ2v) is 10.1. The van der Waals surface area contributed by atoms with E-state index in [1.165, 1.54) is 33.0 Å². The molecule has 5 aromatic carbocycles. The van der Waals surface area contributed by atoms with E-state index >= 15 is 0 Å². The summed E-state index contributed by atoms with van der Waals surface area (Å²) in [6.07, 6.45) is 0. The molecule has 0 atom stereocenters. The fraction of sp³-hybridized carbons (Fsp3) is 0.0968. The summed E-state index contributed by atoms with van der Waals surface area (Å²) in [7, 11) is 0. The molecule has 6 rings (SSSR count). The minimum atomic E-state index is 0.00795. The molecule has 0 spiro atoms. The third kappa shape index (κ3) is 3.20. The predicted octanol–water partition coefficient (Wildman–Crippen LogP) is 9.38. The molecule has 0 N–H and O–H groups in total. The zero-order valence-corrected chi connectivity index (χ0v) is 20.3. The first-order valence-corrected chi connectivity index (χ1v) is 12.1. The maximum Gasteiger partial charge on any atom is 0.0479 e. The van der Waals surface area contributed by atoms with Gasteiger partial charge in [0.1, 0.15) is 0 Å². The first kappa shape index (κ1) is 20.3. The second-order valence-electron chi connectivity index (χ2n) is 9.22. The van der Waals surface area contributed by atoms with Crippen LogP contribution in [0.15, 0.2) is 114 Å². The van der Waals surface area contributed by atoms with E-state index in [2.05, 4.69) is 144 Å². The van der Waals surface area contributed by atoms with Crippen LogP contribution in [0.3, 0.4) is 0 Å². The molecule has 0 heterocycles. The first-order chi connectivity index (χ1) is 16.0. The van der Waals surface area contributed by atoms with Gasteiger partial charge in [0.25, 0.3) is 0 Å². The second kappa shape index (κ2) is 7.60. The maximum atomic E-state index is 3.82. The lowest BCUT2D eigenvalue weighted by atomic mass is 9.82. The van der Waals surface area contributed by atoms with Gasteiger partial charge in [0, 0.05) is 26.9 Å². The molecule has 5 aromatic rings. The van der Waals surface area contributed by atoms with Crippen LogP contribution in [0, 0.1) is 0 Å². The quantitative estimate of drug-likeness (QED) is 0.244. The molecule has 2 heteroatoms. The Morgan fingerprint density at radius 1 is 0.576 bits per heavy atom. The molecule has 160 valence electrons. The van der Waals surface area contributed by atoms with Crippen molar-refractivity contribution in [3.8, 4) is 11.1 Å². The lowest BCUT2D eigenvalue weighted by Crippen LogP contribution is -2.15. The fourth-order valence-corrected chi connectivity index (χ4v) is 5.85. The van der Waals surface area contributed by atoms with E-state index in [9.17, 15) is 0 Å². The Balaban J connectivity index is 1.58. The lowest BCUT2D eigenvalue weighted by Gasteiger charge is -2.27. The number of benzene rings is 5. The molecule has 0 bridgehead atoms. The van der Waals surface area contributed by atoms with Gasteiger partial charge in [-0.1, -0.05) is 103 Å². The van der Waals surface area contributed by atoms with Gasteiger partial charge >= 0.3 is 0 Å². The average molecular weight is 490 g/mol. The molecular weight excluding hydrogens is 466 g/mol. The molecule has 1 aliphatic carbocycles. The highest BCUT2D eigenvalue weighted by Crippen LogP contribution is 2.50. The zero-order chi connectivity index (χ0) is 22.6. The van der Waals surface area contributed by atoms with Crippen LogP contribution in [0.5, 0.6) is 0 Å². The van der Waals surface area contributed by atoms with E-state index in [0.29, 0.717) is 0 Å². The number of rotatable bonds is 3. The molecule has 0 aromatic heterocycles. The third-order valence-corrected chi connectivity index (χ3v) is 7.55. The molecule has 0 fully saturated rings. The molecule has 0 saturated carbocycles. The standard InChI is InChI=1S/C31H24BrN/c1-31(2)28-15-9-8-14-26(28)27-19-23(16-17-29(27)31)33(22-11-4-3-5-12-22)24-18-21-10-6-7-13-25(21)30(32)20-24/h3-20H,1-2H3. The topological polar surface area (TPSA) is 3.24 Å². The van der Waals surface area contributed by atoms with Crippen molar-refractivity contribution >= 4 is 43.8 Å². The van der Waals surface area contributed by atoms with Gasteiger partial charge < -0.3 is 4.90 Å². The molecule has 0 radical (unpaired) electrons. The van der Waals surface area contributed by atoms with E-state index in [0.717, 1.165) is 21.5 Å². The smallest absolute Gasteiger partial charge is 0.0479 e. The number of nitrogens with zero attached hydrogens (tertiary/aromatic N) is 1. The van der Waals surface area contributed by atoms with Gasteiger partial charge in [-0.2, -0.15) is 0 Å². The Hall–Kier alpha value is -3.36. The molecule has 0 amide bonds. The predicted molar refractivity (Wildman–Crippen MR) is 144 cm³/mol. The highest BCUT2D eigenvalue weighted by Gasteiger charge is 2.35. The maximum absolute atomic E-state index is 3.82. The number of halogens is 1. The molecule has 1 aliphatic rings. The van der Waals surface area contributed by atoms with Crippen LogP contribution in [0.2, 0.25) is 0 Å². The lowest BCUT2D eigenvalue weighted by molar-refractivity contribution is 0.660. The first-order valence-electron chi connectivity index (χ1n) is 11.3. The summed E-state index contributed by atoms with van der Waals surface area (Å²) in [4.78, 5) is 2.35. The van der Waals surface area contributed by atoms with Crippen molar-refractivity contribution in [1.29, 1.82) is 0 Å². The fourth-order valence-electron chi connectivity index (χ4n) is 5.25. The summed E-state index contributed by atoms with van der Waals surface area (Å²) in [6, 6.07) is 39.4. The Labute approximate surface area is 203 Å². The van der Waals surface area contributed by atoms with Crippen molar-refractivity contribution in [2.75, 3.05) is 4.90 Å². The van der Waals surface area contributed by atoms with Crippen molar-refractivity contribution in [3.05, 3.63) is 125 Å². The molecule has 0 saturated heterocycles. The number of fused-ring (bicyclic) bond motifs is 4. The number of hydrogen-bond donors (Lipinski definition) is 0. The van der Waals surface area contributed by atoms with E-state index in [1.807, 2.05) is 0 Å². The van der Waals surface area contributed by atoms with E-state index in [-0.39, 0.29) is 5.41 Å². The average Bonchev–Trinajstić information content (AvgIpc) is 3.07. The zero-order valence-electron chi connectivity index (χ0n) is 18.7. The van der Waals surface area contributed by atoms with Crippen LogP contribution in [0.1, 0.15) is 25.0 Å². The van der Waals surface area contributed by atoms with Crippen molar-refractivity contribution in [1.82, 2.24) is 0 Å². The Morgan fingerprint density at radius 3 is 2.12 bits per heavy atom. The van der Waals surface area contributed by atoms with Crippen molar-refractivity contribution in [2.24, 2.45) is 0 Å². The van der Waals surface area contributed by atoms with Crippen LogP contribution in [0.4, 0.5) is 17.1 Å². The highest BCUT2D eigenvalue weighted by atomic mass is 79.9. The number of para-hydroxylation sites is 1. The Kier molecular flexibility index (Phi) is 4.67. The number of hydrogen-bond acceptors (Lipinski definition) is 1. The molecule has 1 nitrogen and oxygen atoms in total. The summed E-state index contributed by atoms with van der Waals surface area (Å²) >= 11 is 3.82. The van der Waals surface area contributed by atoms with Gasteiger partial charge in [0.05, 0.1) is 0 Å². The van der Waals surface area contributed by atoms with Gasteiger partial charge in [0.2, 0.25) is 0 Å². The SMILES string of the molecule is CC1(C)c2ccccc2-c2cc(N(c3ccccc3)c3cc(Br)c4ccccc4c3)ccc21. The van der Waals surface area contributed by atoms with Crippen LogP contribution in [-0.4, -0.2) is 0 Å². The minimum Gasteiger partial charge on any atom is -0.310 e. The van der Waals surface area contributed by atoms with Crippen LogP contribution < -0.4 is 4.90 Å². The van der Waals surface area contributed by atoms with Crippen molar-refractivity contribution in [3.63, 3.8) is 0 Å². The van der Waals surface area contributed by atoms with Gasteiger partial charge in [0.15, 0.2) is 0 Å². The van der Waals surface area contributed by atoms with Crippen LogP contribution >= 0.6 is 15.9 Å². The minimum absolute atomic E-state index is 0.00795. The molecule has 33 heavy (non-hydrogen) atoms. The van der Waals surface area contributed by atoms with E-state index < -0.39 is 0 Å². The molecule has 0 unspecified atom stereocenters. The molecular formula is C31H24BrN. The van der Waals surface area contributed by atoms with Gasteiger partial charge in [-0.05, 0) is 69.4 Å². The largest absolute Gasteiger partial charge is 0.310 e. The van der Waals surface area contributed by atoms with Crippen LogP contribution in [0.25, 0.3) is 21.9 Å². The summed E-state index contributed by atoms with van der Waals surface area (Å²) < 4.78 is 1.10. The van der Waals surface area contributed by atoms with Gasteiger partial charge in [-0.25, -0.2) is 0 Å². The van der Waals surface area contributed by atoms with Gasteiger partial charge in [-0.3, -0.25) is 0 Å². The van der Waals surface area contributed by atoms with Crippen molar-refractivity contribution in [2.45, 2.75) is 19.3 Å². The summed E-state index contributed by atoms with van der Waals surface area (Å²) in [5.74, 6) is 0. The van der Waals surface area contributed by atoms with Crippen molar-refractivity contribution < 1.29 is 0 Å². The Bertz CT molecular complexity index is 1500. The summed E-state index contributed by atoms with van der Waals surface area (Å²) in [5.41, 5.74) is 8.91. The monoisotopic (exact) mass is 489 g/mol. The summed E-state index contributed by atoms with van der Waals surface area (Å²) in [6.45, 7) is 4.65.